The second-order valence-corrected chi connectivity index (χ2v) is 3.22. The van der Waals surface area contributed by atoms with Crippen molar-refractivity contribution in [1.29, 1.82) is 0 Å². The van der Waals surface area contributed by atoms with Gasteiger partial charge in [0.05, 0.1) is 5.69 Å². The van der Waals surface area contributed by atoms with Crippen LogP contribution in [0.1, 0.15) is 12.0 Å². The lowest BCUT2D eigenvalue weighted by molar-refractivity contribution is 0.878. The van der Waals surface area contributed by atoms with Crippen LogP contribution in [0.3, 0.4) is 0 Å². The van der Waals surface area contributed by atoms with Gasteiger partial charge in [-0.25, -0.2) is 4.68 Å². The molecule has 0 atom stereocenters. The Morgan fingerprint density at radius 3 is 2.57 bits per heavy atom. The molecule has 0 fully saturated rings. The van der Waals surface area contributed by atoms with Gasteiger partial charge in [0.1, 0.15) is 0 Å². The van der Waals surface area contributed by atoms with Crippen LogP contribution in [-0.2, 0) is 6.42 Å². The number of rotatable bonds is 3. The highest BCUT2D eigenvalue weighted by Crippen LogP contribution is 2.09. The van der Waals surface area contributed by atoms with Crippen molar-refractivity contribution < 1.29 is 0 Å². The number of hydrogen-bond donors (Lipinski definition) is 0. The van der Waals surface area contributed by atoms with E-state index in [1.807, 2.05) is 16.9 Å². The number of nitrogens with zero attached hydrogens (tertiary/aromatic N) is 2. The summed E-state index contributed by atoms with van der Waals surface area (Å²) in [4.78, 5) is 0. The van der Waals surface area contributed by atoms with Gasteiger partial charge in [-0.2, -0.15) is 5.10 Å². The average Bonchev–Trinajstić information content (AvgIpc) is 2.72. The highest BCUT2D eigenvalue weighted by molar-refractivity contribution is 5.33. The van der Waals surface area contributed by atoms with Gasteiger partial charge in [0.15, 0.2) is 0 Å². The van der Waals surface area contributed by atoms with Crippen LogP contribution in [0.5, 0.6) is 0 Å². The summed E-state index contributed by atoms with van der Waals surface area (Å²) in [6.45, 7) is 3.84. The standard InChI is InChI=1S/C12H13N2/c1-2-4-11-5-7-12(8-6-11)14-10-3-9-13-14/h3,5-10H,1-2,4H2. The molecule has 0 aliphatic heterocycles. The summed E-state index contributed by atoms with van der Waals surface area (Å²) >= 11 is 0. The second-order valence-electron chi connectivity index (χ2n) is 3.22. The first-order valence-electron chi connectivity index (χ1n) is 4.78. The summed E-state index contributed by atoms with van der Waals surface area (Å²) < 4.78 is 1.86. The fraction of sp³-hybridized carbons (Fsp3) is 0.167. The van der Waals surface area contributed by atoms with E-state index in [4.69, 9.17) is 0 Å². The zero-order chi connectivity index (χ0) is 9.80. The van der Waals surface area contributed by atoms with E-state index in [1.165, 1.54) is 5.56 Å². The van der Waals surface area contributed by atoms with Gasteiger partial charge in [-0.05, 0) is 36.6 Å². The largest absolute Gasteiger partial charge is 0.241 e. The Labute approximate surface area is 84.2 Å². The lowest BCUT2D eigenvalue weighted by Gasteiger charge is -2.02. The molecule has 0 amide bonds. The summed E-state index contributed by atoms with van der Waals surface area (Å²) in [7, 11) is 0. The van der Waals surface area contributed by atoms with E-state index in [1.54, 1.807) is 6.20 Å². The molecule has 2 aromatic rings. The van der Waals surface area contributed by atoms with E-state index in [0.29, 0.717) is 0 Å². The van der Waals surface area contributed by atoms with Crippen molar-refractivity contribution >= 4 is 0 Å². The number of hydrogen-bond acceptors (Lipinski definition) is 1. The van der Waals surface area contributed by atoms with Gasteiger partial charge < -0.3 is 0 Å². The third-order valence-corrected chi connectivity index (χ3v) is 2.17. The normalized spacial score (nSPS) is 10.4. The zero-order valence-corrected chi connectivity index (χ0v) is 8.06. The Bertz CT molecular complexity index is 373. The Balaban J connectivity index is 2.22. The van der Waals surface area contributed by atoms with Gasteiger partial charge in [-0.1, -0.05) is 19.1 Å². The fourth-order valence-corrected chi connectivity index (χ4v) is 1.44. The minimum atomic E-state index is 0.946. The monoisotopic (exact) mass is 185 g/mol. The zero-order valence-electron chi connectivity index (χ0n) is 8.06. The van der Waals surface area contributed by atoms with Crippen LogP contribution in [-0.4, -0.2) is 9.78 Å². The number of aryl methyl sites for hydroxylation is 1. The van der Waals surface area contributed by atoms with E-state index in [2.05, 4.69) is 36.3 Å². The first-order valence-corrected chi connectivity index (χ1v) is 4.78. The quantitative estimate of drug-likeness (QED) is 0.718. The summed E-state index contributed by atoms with van der Waals surface area (Å²) in [5.41, 5.74) is 2.43. The molecule has 1 aromatic heterocycles. The molecule has 0 bridgehead atoms. The maximum Gasteiger partial charge on any atom is 0.0645 e. The minimum Gasteiger partial charge on any atom is -0.241 e. The van der Waals surface area contributed by atoms with Crippen LogP contribution in [0.25, 0.3) is 5.69 Å². The first-order chi connectivity index (χ1) is 6.90. The van der Waals surface area contributed by atoms with E-state index in [-0.39, 0.29) is 0 Å². The molecule has 0 spiro atoms. The van der Waals surface area contributed by atoms with E-state index >= 15 is 0 Å². The van der Waals surface area contributed by atoms with Gasteiger partial charge in [0, 0.05) is 12.4 Å². The van der Waals surface area contributed by atoms with Crippen LogP contribution < -0.4 is 0 Å². The Hall–Kier alpha value is -1.57. The molecule has 0 aliphatic carbocycles. The summed E-state index contributed by atoms with van der Waals surface area (Å²) in [6.07, 6.45) is 5.71. The lowest BCUT2D eigenvalue weighted by atomic mass is 10.1. The third-order valence-electron chi connectivity index (χ3n) is 2.17. The molecular formula is C12H13N2. The smallest absolute Gasteiger partial charge is 0.0645 e. The van der Waals surface area contributed by atoms with Crippen LogP contribution >= 0.6 is 0 Å². The van der Waals surface area contributed by atoms with Crippen molar-refractivity contribution in [2.24, 2.45) is 0 Å². The molecule has 2 rings (SSSR count). The van der Waals surface area contributed by atoms with Crippen molar-refractivity contribution in [2.45, 2.75) is 12.8 Å². The Morgan fingerprint density at radius 1 is 1.21 bits per heavy atom. The summed E-state index contributed by atoms with van der Waals surface area (Å²) in [5, 5.41) is 4.17. The highest BCUT2D eigenvalue weighted by atomic mass is 15.3. The van der Waals surface area contributed by atoms with Crippen LogP contribution in [0.4, 0.5) is 0 Å². The molecule has 1 radical (unpaired) electrons. The Kier molecular flexibility index (Phi) is 2.63. The van der Waals surface area contributed by atoms with Gasteiger partial charge in [-0.15, -0.1) is 0 Å². The van der Waals surface area contributed by atoms with Crippen molar-refractivity contribution in [3.63, 3.8) is 0 Å². The molecule has 2 nitrogen and oxygen atoms in total. The maximum atomic E-state index is 4.17. The third kappa shape index (κ3) is 1.84. The maximum absolute atomic E-state index is 4.17. The van der Waals surface area contributed by atoms with E-state index < -0.39 is 0 Å². The van der Waals surface area contributed by atoms with Crippen molar-refractivity contribution in [3.05, 3.63) is 55.2 Å². The molecule has 0 saturated heterocycles. The van der Waals surface area contributed by atoms with E-state index in [9.17, 15) is 0 Å². The first kappa shape index (κ1) is 9.00. The molecular weight excluding hydrogens is 172 g/mol. The van der Waals surface area contributed by atoms with Gasteiger partial charge in [0.2, 0.25) is 0 Å². The van der Waals surface area contributed by atoms with E-state index in [0.717, 1.165) is 18.5 Å². The predicted molar refractivity (Wildman–Crippen MR) is 57.2 cm³/mol. The SMILES string of the molecule is [CH2]CCc1ccc(-n2cccn2)cc1. The number of benzene rings is 1. The molecule has 14 heavy (non-hydrogen) atoms. The molecule has 71 valence electrons. The average molecular weight is 185 g/mol. The molecule has 0 unspecified atom stereocenters. The Morgan fingerprint density at radius 2 is 2.00 bits per heavy atom. The molecule has 1 heterocycles. The minimum absolute atomic E-state index is 0.946. The molecule has 0 saturated carbocycles. The van der Waals surface area contributed by atoms with Crippen molar-refractivity contribution in [2.75, 3.05) is 0 Å². The summed E-state index contributed by atoms with van der Waals surface area (Å²) in [5.74, 6) is 0. The topological polar surface area (TPSA) is 17.8 Å². The van der Waals surface area contributed by atoms with Crippen LogP contribution in [0, 0.1) is 6.92 Å². The fourth-order valence-electron chi connectivity index (χ4n) is 1.44. The molecule has 1 aromatic carbocycles. The summed E-state index contributed by atoms with van der Waals surface area (Å²) in [6, 6.07) is 10.3. The predicted octanol–water partition coefficient (Wildman–Crippen LogP) is 2.64. The molecule has 2 heteroatoms. The van der Waals surface area contributed by atoms with Crippen molar-refractivity contribution in [3.8, 4) is 5.69 Å². The molecule has 0 N–H and O–H groups in total. The van der Waals surface area contributed by atoms with Crippen LogP contribution in [0.2, 0.25) is 0 Å². The van der Waals surface area contributed by atoms with Crippen molar-refractivity contribution in [1.82, 2.24) is 9.78 Å². The van der Waals surface area contributed by atoms with Gasteiger partial charge in [0.25, 0.3) is 0 Å². The van der Waals surface area contributed by atoms with Crippen LogP contribution in [0.15, 0.2) is 42.7 Å². The van der Waals surface area contributed by atoms with Gasteiger partial charge in [-0.3, -0.25) is 0 Å². The second kappa shape index (κ2) is 4.09. The van der Waals surface area contributed by atoms with Gasteiger partial charge >= 0.3 is 0 Å². The lowest BCUT2D eigenvalue weighted by Crippen LogP contribution is -1.94. The molecule has 0 aliphatic rings. The number of aromatic nitrogens is 2. The highest BCUT2D eigenvalue weighted by Gasteiger charge is 1.95.